The van der Waals surface area contributed by atoms with Crippen LogP contribution in [0.5, 0.6) is 0 Å². The third-order valence-corrected chi connectivity index (χ3v) is 3.24. The summed E-state index contributed by atoms with van der Waals surface area (Å²) in [5.41, 5.74) is 0. The second-order valence-electron chi connectivity index (χ2n) is 4.36. The normalized spacial score (nSPS) is 28.7. The van der Waals surface area contributed by atoms with Gasteiger partial charge < -0.3 is 4.90 Å². The largest absolute Gasteiger partial charge is 0.363 e. The van der Waals surface area contributed by atoms with E-state index in [4.69, 9.17) is 4.99 Å². The Morgan fingerprint density at radius 3 is 2.54 bits per heavy atom. The van der Waals surface area contributed by atoms with Crippen LogP contribution in [-0.2, 0) is 0 Å². The molecule has 0 N–H and O–H groups in total. The van der Waals surface area contributed by atoms with Crippen molar-refractivity contribution >= 4 is 5.84 Å². The van der Waals surface area contributed by atoms with Crippen molar-refractivity contribution in [2.45, 2.75) is 51.0 Å². The number of aliphatic imine (C=N–C) groups is 1. The van der Waals surface area contributed by atoms with Gasteiger partial charge >= 0.3 is 0 Å². The third kappa shape index (κ3) is 2.23. The van der Waals surface area contributed by atoms with Gasteiger partial charge in [0.05, 0.1) is 11.9 Å². The summed E-state index contributed by atoms with van der Waals surface area (Å²) < 4.78 is 0. The first-order valence-electron chi connectivity index (χ1n) is 5.64. The lowest BCUT2D eigenvalue weighted by atomic mass is 9.96. The second kappa shape index (κ2) is 4.12. The van der Waals surface area contributed by atoms with Gasteiger partial charge in [-0.1, -0.05) is 19.3 Å². The van der Waals surface area contributed by atoms with Gasteiger partial charge in [-0.25, -0.2) is 0 Å². The zero-order chi connectivity index (χ0) is 9.10. The Morgan fingerprint density at radius 2 is 1.92 bits per heavy atom. The van der Waals surface area contributed by atoms with Gasteiger partial charge in [-0.2, -0.15) is 0 Å². The minimum Gasteiger partial charge on any atom is -0.363 e. The molecule has 0 aromatic heterocycles. The summed E-state index contributed by atoms with van der Waals surface area (Å²) in [5, 5.41) is 0. The summed E-state index contributed by atoms with van der Waals surface area (Å²) in [6.45, 7) is 1.21. The van der Waals surface area contributed by atoms with Crippen LogP contribution in [-0.4, -0.2) is 30.4 Å². The van der Waals surface area contributed by atoms with Gasteiger partial charge in [0.25, 0.3) is 0 Å². The Kier molecular flexibility index (Phi) is 2.87. The van der Waals surface area contributed by atoms with Gasteiger partial charge in [0, 0.05) is 20.0 Å². The molecule has 1 aliphatic carbocycles. The molecule has 2 nitrogen and oxygen atoms in total. The standard InChI is InChI=1S/C11H20N2/c1-13-9-5-8-11(13)12-10-6-3-2-4-7-10/h10H,2-9H2,1H3/b12-11-. The van der Waals surface area contributed by atoms with E-state index in [1.54, 1.807) is 0 Å². The number of amidine groups is 1. The highest BCUT2D eigenvalue weighted by Gasteiger charge is 2.17. The van der Waals surface area contributed by atoms with Crippen LogP contribution >= 0.6 is 0 Å². The molecular weight excluding hydrogens is 160 g/mol. The van der Waals surface area contributed by atoms with E-state index in [0.717, 1.165) is 0 Å². The lowest BCUT2D eigenvalue weighted by Crippen LogP contribution is -2.22. The van der Waals surface area contributed by atoms with Crippen molar-refractivity contribution in [3.8, 4) is 0 Å². The molecule has 1 saturated heterocycles. The molecule has 1 heterocycles. The molecule has 0 aromatic carbocycles. The predicted octanol–water partition coefficient (Wildman–Crippen LogP) is 2.44. The monoisotopic (exact) mass is 180 g/mol. The quantitative estimate of drug-likeness (QED) is 0.605. The Bertz CT molecular complexity index is 192. The maximum Gasteiger partial charge on any atom is 0.0990 e. The molecule has 74 valence electrons. The van der Waals surface area contributed by atoms with Crippen molar-refractivity contribution < 1.29 is 0 Å². The first kappa shape index (κ1) is 9.04. The van der Waals surface area contributed by atoms with E-state index < -0.39 is 0 Å². The molecule has 2 fully saturated rings. The molecule has 2 heteroatoms. The predicted molar refractivity (Wildman–Crippen MR) is 56.2 cm³/mol. The fraction of sp³-hybridized carbons (Fsp3) is 0.909. The van der Waals surface area contributed by atoms with Gasteiger partial charge in [0.2, 0.25) is 0 Å². The first-order valence-corrected chi connectivity index (χ1v) is 5.64. The van der Waals surface area contributed by atoms with Crippen LogP contribution in [0.15, 0.2) is 4.99 Å². The summed E-state index contributed by atoms with van der Waals surface area (Å²) in [4.78, 5) is 7.19. The Hall–Kier alpha value is -0.530. The Morgan fingerprint density at radius 1 is 1.15 bits per heavy atom. The van der Waals surface area contributed by atoms with E-state index >= 15 is 0 Å². The maximum absolute atomic E-state index is 4.86. The summed E-state index contributed by atoms with van der Waals surface area (Å²) in [6, 6.07) is 0.657. The van der Waals surface area contributed by atoms with Gasteiger partial charge in [-0.05, 0) is 19.3 Å². The Balaban J connectivity index is 1.93. The molecular formula is C11H20N2. The highest BCUT2D eigenvalue weighted by Crippen LogP contribution is 2.22. The van der Waals surface area contributed by atoms with Crippen LogP contribution in [0.25, 0.3) is 0 Å². The van der Waals surface area contributed by atoms with E-state index in [1.807, 2.05) is 0 Å². The summed E-state index contributed by atoms with van der Waals surface area (Å²) in [7, 11) is 2.18. The molecule has 0 atom stereocenters. The van der Waals surface area contributed by atoms with Gasteiger partial charge in [0.1, 0.15) is 0 Å². The summed E-state index contributed by atoms with van der Waals surface area (Å²) >= 11 is 0. The van der Waals surface area contributed by atoms with E-state index in [9.17, 15) is 0 Å². The van der Waals surface area contributed by atoms with Gasteiger partial charge in [-0.3, -0.25) is 4.99 Å². The fourth-order valence-electron chi connectivity index (χ4n) is 2.38. The topological polar surface area (TPSA) is 15.6 Å². The van der Waals surface area contributed by atoms with Gasteiger partial charge in [-0.15, -0.1) is 0 Å². The van der Waals surface area contributed by atoms with E-state index in [-0.39, 0.29) is 0 Å². The van der Waals surface area contributed by atoms with Crippen molar-refractivity contribution in [1.29, 1.82) is 0 Å². The number of hydrogen-bond acceptors (Lipinski definition) is 1. The molecule has 0 radical (unpaired) electrons. The van der Waals surface area contributed by atoms with Crippen molar-refractivity contribution in [3.63, 3.8) is 0 Å². The summed E-state index contributed by atoms with van der Waals surface area (Å²) in [5.74, 6) is 1.37. The van der Waals surface area contributed by atoms with Crippen molar-refractivity contribution in [1.82, 2.24) is 4.90 Å². The van der Waals surface area contributed by atoms with E-state index in [1.165, 1.54) is 57.3 Å². The maximum atomic E-state index is 4.86. The van der Waals surface area contributed by atoms with Crippen molar-refractivity contribution in [2.75, 3.05) is 13.6 Å². The first-order chi connectivity index (χ1) is 6.36. The van der Waals surface area contributed by atoms with E-state index in [0.29, 0.717) is 6.04 Å². The van der Waals surface area contributed by atoms with Gasteiger partial charge in [0.15, 0.2) is 0 Å². The lowest BCUT2D eigenvalue weighted by molar-refractivity contribution is 0.437. The molecule has 0 aromatic rings. The van der Waals surface area contributed by atoms with Crippen LogP contribution in [0.3, 0.4) is 0 Å². The number of rotatable bonds is 1. The van der Waals surface area contributed by atoms with Crippen molar-refractivity contribution in [2.24, 2.45) is 4.99 Å². The van der Waals surface area contributed by atoms with Crippen LogP contribution in [0.1, 0.15) is 44.9 Å². The minimum atomic E-state index is 0.657. The summed E-state index contributed by atoms with van der Waals surface area (Å²) in [6.07, 6.45) is 9.40. The smallest absolute Gasteiger partial charge is 0.0990 e. The van der Waals surface area contributed by atoms with Crippen LogP contribution in [0.2, 0.25) is 0 Å². The SMILES string of the molecule is CN1CCC/C1=N/C1CCCCC1. The molecule has 1 saturated carbocycles. The molecule has 0 amide bonds. The fourth-order valence-corrected chi connectivity index (χ4v) is 2.38. The number of hydrogen-bond donors (Lipinski definition) is 0. The highest BCUT2D eigenvalue weighted by atomic mass is 15.2. The lowest BCUT2D eigenvalue weighted by Gasteiger charge is -2.20. The zero-order valence-electron chi connectivity index (χ0n) is 8.63. The molecule has 1 aliphatic heterocycles. The number of nitrogens with zero attached hydrogens (tertiary/aromatic N) is 2. The average molecular weight is 180 g/mol. The Labute approximate surface area is 81.0 Å². The van der Waals surface area contributed by atoms with Crippen molar-refractivity contribution in [3.05, 3.63) is 0 Å². The highest BCUT2D eigenvalue weighted by molar-refractivity contribution is 5.83. The third-order valence-electron chi connectivity index (χ3n) is 3.24. The molecule has 0 bridgehead atoms. The molecule has 13 heavy (non-hydrogen) atoms. The average Bonchev–Trinajstić information content (AvgIpc) is 2.54. The molecule has 2 rings (SSSR count). The van der Waals surface area contributed by atoms with E-state index in [2.05, 4.69) is 11.9 Å². The molecule has 0 unspecified atom stereocenters. The van der Waals surface area contributed by atoms with Crippen LogP contribution < -0.4 is 0 Å². The minimum absolute atomic E-state index is 0.657. The zero-order valence-corrected chi connectivity index (χ0v) is 8.63. The molecule has 2 aliphatic rings. The van der Waals surface area contributed by atoms with Crippen LogP contribution in [0, 0.1) is 0 Å². The van der Waals surface area contributed by atoms with Crippen LogP contribution in [0.4, 0.5) is 0 Å². The molecule has 0 spiro atoms. The second-order valence-corrected chi connectivity index (χ2v) is 4.36. The number of likely N-dealkylation sites (tertiary alicyclic amines) is 1.